The van der Waals surface area contributed by atoms with Gasteiger partial charge < -0.3 is 10.3 Å². The second-order valence-electron chi connectivity index (χ2n) is 6.89. The van der Waals surface area contributed by atoms with Gasteiger partial charge in [-0.05, 0) is 50.1 Å². The molecule has 26 heavy (non-hydrogen) atoms. The summed E-state index contributed by atoms with van der Waals surface area (Å²) < 4.78 is 0. The Morgan fingerprint density at radius 3 is 2.96 bits per heavy atom. The van der Waals surface area contributed by atoms with E-state index < -0.39 is 0 Å². The number of nitrogens with zero attached hydrogens (tertiary/aromatic N) is 3. The van der Waals surface area contributed by atoms with Gasteiger partial charge in [-0.25, -0.2) is 9.97 Å². The first kappa shape index (κ1) is 16.7. The van der Waals surface area contributed by atoms with Crippen molar-refractivity contribution in [3.05, 3.63) is 64.8 Å². The van der Waals surface area contributed by atoms with E-state index in [1.54, 1.807) is 6.20 Å². The molecule has 6 nitrogen and oxygen atoms in total. The maximum atomic E-state index is 12.3. The number of aromatic nitrogens is 3. The number of hydrogen-bond acceptors (Lipinski definition) is 5. The number of anilines is 1. The number of aromatic amines is 1. The lowest BCUT2D eigenvalue weighted by atomic mass is 10.1. The van der Waals surface area contributed by atoms with Gasteiger partial charge in [0.1, 0.15) is 11.6 Å². The monoisotopic (exact) mass is 349 g/mol. The summed E-state index contributed by atoms with van der Waals surface area (Å²) >= 11 is 0. The Balaban J connectivity index is 1.43. The summed E-state index contributed by atoms with van der Waals surface area (Å²) in [5.74, 6) is 2.22. The maximum absolute atomic E-state index is 12.3. The molecule has 4 rings (SSSR count). The fourth-order valence-electron chi connectivity index (χ4n) is 3.57. The molecule has 6 heteroatoms. The minimum Gasteiger partial charge on any atom is -0.370 e. The lowest BCUT2D eigenvalue weighted by Gasteiger charge is -2.23. The van der Waals surface area contributed by atoms with Crippen molar-refractivity contribution in [2.24, 2.45) is 5.92 Å². The van der Waals surface area contributed by atoms with E-state index >= 15 is 0 Å². The van der Waals surface area contributed by atoms with Gasteiger partial charge in [-0.2, -0.15) is 0 Å². The number of hydrogen-bond donors (Lipinski definition) is 2. The molecule has 0 bridgehead atoms. The standard InChI is InChI=1S/C20H23N5O/c1-14(19-23-17-7-3-2-6-16(17)20(26)24-19)25-11-9-15(13-25)12-22-18-8-4-5-10-21-18/h2-8,10,14-15H,9,11-13H2,1H3,(H,21,22)(H,23,24,26)/t14-,15+/m1/s1. The Morgan fingerprint density at radius 2 is 2.12 bits per heavy atom. The van der Waals surface area contributed by atoms with E-state index in [0.717, 1.165) is 43.2 Å². The second-order valence-corrected chi connectivity index (χ2v) is 6.89. The van der Waals surface area contributed by atoms with Crippen LogP contribution >= 0.6 is 0 Å². The third-order valence-corrected chi connectivity index (χ3v) is 5.13. The van der Waals surface area contributed by atoms with Crippen molar-refractivity contribution in [3.63, 3.8) is 0 Å². The summed E-state index contributed by atoms with van der Waals surface area (Å²) in [6.45, 7) is 5.01. The summed E-state index contributed by atoms with van der Waals surface area (Å²) in [4.78, 5) is 26.6. The SMILES string of the molecule is C[C@H](c1nc2ccccc2c(=O)[nH]1)N1CC[C@@H](CNc2ccccn2)C1. The zero-order chi connectivity index (χ0) is 17.9. The van der Waals surface area contributed by atoms with Crippen LogP contribution in [0.25, 0.3) is 10.9 Å². The molecule has 1 aromatic carbocycles. The van der Waals surface area contributed by atoms with Crippen LogP contribution in [0.15, 0.2) is 53.5 Å². The first-order valence-corrected chi connectivity index (χ1v) is 9.08. The minimum absolute atomic E-state index is 0.0648. The predicted octanol–water partition coefficient (Wildman–Crippen LogP) is 2.81. The fourth-order valence-corrected chi connectivity index (χ4v) is 3.57. The number of rotatable bonds is 5. The van der Waals surface area contributed by atoms with Crippen LogP contribution in [0, 0.1) is 5.92 Å². The first-order chi connectivity index (χ1) is 12.7. The van der Waals surface area contributed by atoms with Crippen LogP contribution in [0.4, 0.5) is 5.82 Å². The van der Waals surface area contributed by atoms with Crippen LogP contribution < -0.4 is 10.9 Å². The third kappa shape index (κ3) is 3.46. The van der Waals surface area contributed by atoms with E-state index in [1.165, 1.54) is 0 Å². The molecular formula is C20H23N5O. The van der Waals surface area contributed by atoms with Gasteiger partial charge in [0.2, 0.25) is 0 Å². The number of H-pyrrole nitrogens is 1. The van der Waals surface area contributed by atoms with E-state index in [0.29, 0.717) is 11.3 Å². The number of nitrogens with one attached hydrogen (secondary N) is 2. The van der Waals surface area contributed by atoms with Gasteiger partial charge in [-0.1, -0.05) is 18.2 Å². The van der Waals surface area contributed by atoms with E-state index in [1.807, 2.05) is 42.5 Å². The summed E-state index contributed by atoms with van der Waals surface area (Å²) in [6, 6.07) is 13.5. The molecule has 0 amide bonds. The molecule has 0 spiro atoms. The Morgan fingerprint density at radius 1 is 1.27 bits per heavy atom. The number of pyridine rings is 1. The maximum Gasteiger partial charge on any atom is 0.258 e. The van der Waals surface area contributed by atoms with Crippen LogP contribution in [0.5, 0.6) is 0 Å². The molecule has 2 aromatic heterocycles. The smallest absolute Gasteiger partial charge is 0.258 e. The highest BCUT2D eigenvalue weighted by Crippen LogP contribution is 2.26. The van der Waals surface area contributed by atoms with Crippen LogP contribution in [0.3, 0.4) is 0 Å². The second kappa shape index (κ2) is 7.25. The molecule has 2 N–H and O–H groups in total. The van der Waals surface area contributed by atoms with Gasteiger partial charge in [-0.3, -0.25) is 9.69 Å². The van der Waals surface area contributed by atoms with Gasteiger partial charge in [0.25, 0.3) is 5.56 Å². The zero-order valence-corrected chi connectivity index (χ0v) is 14.9. The summed E-state index contributed by atoms with van der Waals surface area (Å²) in [5, 5.41) is 4.05. The molecule has 3 aromatic rings. The molecule has 1 saturated heterocycles. The van der Waals surface area contributed by atoms with Crippen molar-refractivity contribution >= 4 is 16.7 Å². The lowest BCUT2D eigenvalue weighted by molar-refractivity contribution is 0.245. The van der Waals surface area contributed by atoms with Crippen LogP contribution in [0.2, 0.25) is 0 Å². The van der Waals surface area contributed by atoms with E-state index in [2.05, 4.69) is 32.1 Å². The first-order valence-electron chi connectivity index (χ1n) is 9.08. The zero-order valence-electron chi connectivity index (χ0n) is 14.9. The van der Waals surface area contributed by atoms with E-state index in [4.69, 9.17) is 0 Å². The molecule has 3 heterocycles. The van der Waals surface area contributed by atoms with Crippen molar-refractivity contribution in [2.45, 2.75) is 19.4 Å². The molecule has 0 radical (unpaired) electrons. The van der Waals surface area contributed by atoms with Gasteiger partial charge in [0.15, 0.2) is 0 Å². The summed E-state index contributed by atoms with van der Waals surface area (Å²) in [7, 11) is 0. The van der Waals surface area contributed by atoms with E-state index in [-0.39, 0.29) is 11.6 Å². The van der Waals surface area contributed by atoms with Crippen molar-refractivity contribution < 1.29 is 0 Å². The Hall–Kier alpha value is -2.73. The normalized spacial score (nSPS) is 18.9. The largest absolute Gasteiger partial charge is 0.370 e. The van der Waals surface area contributed by atoms with Crippen LogP contribution in [-0.4, -0.2) is 39.5 Å². The fraction of sp³-hybridized carbons (Fsp3) is 0.350. The average molecular weight is 349 g/mol. The third-order valence-electron chi connectivity index (χ3n) is 5.13. The number of likely N-dealkylation sites (tertiary alicyclic amines) is 1. The number of para-hydroxylation sites is 1. The molecule has 1 fully saturated rings. The van der Waals surface area contributed by atoms with Crippen molar-refractivity contribution in [1.82, 2.24) is 19.9 Å². The van der Waals surface area contributed by atoms with Crippen molar-refractivity contribution in [1.29, 1.82) is 0 Å². The molecule has 134 valence electrons. The van der Waals surface area contributed by atoms with Gasteiger partial charge in [0.05, 0.1) is 16.9 Å². The average Bonchev–Trinajstić information content (AvgIpc) is 3.15. The van der Waals surface area contributed by atoms with E-state index in [9.17, 15) is 4.79 Å². The predicted molar refractivity (Wildman–Crippen MR) is 103 cm³/mol. The Bertz CT molecular complexity index is 940. The van der Waals surface area contributed by atoms with Crippen LogP contribution in [-0.2, 0) is 0 Å². The summed E-state index contributed by atoms with van der Waals surface area (Å²) in [5.41, 5.74) is 0.690. The molecule has 0 aliphatic carbocycles. The molecular weight excluding hydrogens is 326 g/mol. The van der Waals surface area contributed by atoms with Gasteiger partial charge in [0, 0.05) is 19.3 Å². The van der Waals surface area contributed by atoms with Gasteiger partial charge in [-0.15, -0.1) is 0 Å². The molecule has 2 atom stereocenters. The highest BCUT2D eigenvalue weighted by Gasteiger charge is 2.28. The molecule has 1 aliphatic rings. The van der Waals surface area contributed by atoms with Crippen molar-refractivity contribution in [3.8, 4) is 0 Å². The molecule has 0 saturated carbocycles. The summed E-state index contributed by atoms with van der Waals surface area (Å²) in [6.07, 6.45) is 2.93. The van der Waals surface area contributed by atoms with Crippen molar-refractivity contribution in [2.75, 3.05) is 25.0 Å². The highest BCUT2D eigenvalue weighted by molar-refractivity contribution is 5.77. The molecule has 1 aliphatic heterocycles. The Kier molecular flexibility index (Phi) is 4.67. The topological polar surface area (TPSA) is 73.9 Å². The minimum atomic E-state index is -0.0648. The lowest BCUT2D eigenvalue weighted by Crippen LogP contribution is -2.29. The number of benzene rings is 1. The number of fused-ring (bicyclic) bond motifs is 1. The molecule has 0 unspecified atom stereocenters. The van der Waals surface area contributed by atoms with Gasteiger partial charge >= 0.3 is 0 Å². The quantitative estimate of drug-likeness (QED) is 0.741. The highest BCUT2D eigenvalue weighted by atomic mass is 16.1. The Labute approximate surface area is 152 Å². The van der Waals surface area contributed by atoms with Crippen LogP contribution in [0.1, 0.15) is 25.2 Å².